The molecule has 0 aromatic heterocycles. The number of carbonyl (C=O) groups excluding carboxylic acids is 9. The fourth-order valence-electron chi connectivity index (χ4n) is 14.3. The van der Waals surface area contributed by atoms with Gasteiger partial charge in [0.2, 0.25) is 47.9 Å². The molecule has 5 aliphatic rings. The Hall–Kier alpha value is 4.37. The van der Waals surface area contributed by atoms with Crippen LogP contribution in [-0.4, -0.2) is 342 Å². The molecule has 0 saturated carbocycles. The molecular weight excluding hydrogens is 2300 g/mol. The fraction of sp³-hybridized carbons (Fsp3) is 0.843. The Kier molecular flexibility index (Phi) is 88.8. The number of aliphatic hydroxyl groups excluding tert-OH is 1. The largest absolute Gasteiger partial charge is 1.00 e. The van der Waals surface area contributed by atoms with Crippen molar-refractivity contribution in [2.24, 2.45) is 0 Å². The minimum atomic E-state index is -6.78. The number of hydrogen-bond donors (Lipinski definition) is 4. The van der Waals surface area contributed by atoms with E-state index in [-0.39, 0.29) is 428 Å². The van der Waals surface area contributed by atoms with E-state index in [4.69, 9.17) is 84.2 Å². The number of aliphatic carboxylic acids is 3. The van der Waals surface area contributed by atoms with Crippen LogP contribution in [0.1, 0.15) is 196 Å². The summed E-state index contributed by atoms with van der Waals surface area (Å²) >= 11 is 0. The fourth-order valence-corrected chi connectivity index (χ4v) is 18.2. The molecule has 0 amide bonds. The van der Waals surface area contributed by atoms with Crippen molar-refractivity contribution in [2.45, 2.75) is 349 Å². The number of ether oxygens (including phenoxy) is 16. The predicted molar refractivity (Wildman–Crippen MR) is 423 cm³/mol. The van der Waals surface area contributed by atoms with Crippen molar-refractivity contribution in [1.82, 2.24) is 14.2 Å². The normalized spacial score (nSPS) is 27.1. The predicted octanol–water partition coefficient (Wildman–Crippen LogP) is -41.3. The van der Waals surface area contributed by atoms with Gasteiger partial charge in [-0.05, 0) is 38.5 Å². The number of rotatable bonds is 62. The van der Waals surface area contributed by atoms with Crippen molar-refractivity contribution in [3.63, 3.8) is 0 Å². The van der Waals surface area contributed by atoms with E-state index >= 15 is 0 Å². The maximum absolute atomic E-state index is 14.5. The van der Waals surface area contributed by atoms with E-state index in [0.717, 1.165) is 0 Å². The van der Waals surface area contributed by atoms with E-state index in [1.165, 1.54) is 28.0 Å². The second-order valence-electron chi connectivity index (χ2n) is 31.1. The zero-order valence-corrected chi connectivity index (χ0v) is 113. The van der Waals surface area contributed by atoms with E-state index < -0.39 is 353 Å². The van der Waals surface area contributed by atoms with Gasteiger partial charge in [0.25, 0.3) is 0 Å². The first kappa shape index (κ1) is 166. The van der Waals surface area contributed by atoms with E-state index in [1.54, 1.807) is 27.7 Å². The van der Waals surface area contributed by atoms with E-state index in [0.29, 0.717) is 25.7 Å². The van der Waals surface area contributed by atoms with Crippen LogP contribution in [-0.2, 0) is 218 Å². The van der Waals surface area contributed by atoms with Gasteiger partial charge in [-0.15, -0.1) is 0 Å². The molecule has 0 radical (unpaired) electrons. The van der Waals surface area contributed by atoms with Crippen LogP contribution in [0.15, 0.2) is 11.8 Å². The molecule has 79 heteroatoms. The summed E-state index contributed by atoms with van der Waals surface area (Å²) in [5, 5.41) is 51.8. The molecule has 0 spiro atoms. The van der Waals surface area contributed by atoms with Crippen LogP contribution in [0.4, 0.5) is 0 Å². The molecule has 0 aromatic rings. The van der Waals surface area contributed by atoms with Gasteiger partial charge in [-0.25, -0.2) is 81.5 Å². The summed E-state index contributed by atoms with van der Waals surface area (Å²) in [6, 6.07) is -9.20. The third kappa shape index (κ3) is 63.3. The first-order chi connectivity index (χ1) is 64.0. The van der Waals surface area contributed by atoms with Crippen LogP contribution >= 0.6 is 0 Å². The molecule has 0 bridgehead atoms. The average molecular weight is 2410 g/mol. The topological polar surface area (TPSA) is 921 Å². The Morgan fingerprint density at radius 1 is 0.309 bits per heavy atom. The van der Waals surface area contributed by atoms with Crippen LogP contribution < -0.4 is 355 Å². The minimum absolute atomic E-state index is 0. The van der Waals surface area contributed by atoms with Gasteiger partial charge >= 0.3 is 361 Å². The summed E-state index contributed by atoms with van der Waals surface area (Å²) in [5.74, 6) is -20.4. The van der Waals surface area contributed by atoms with Crippen LogP contribution in [0.25, 0.3) is 0 Å². The van der Waals surface area contributed by atoms with Crippen molar-refractivity contribution in [3.05, 3.63) is 11.8 Å². The summed E-state index contributed by atoms with van der Waals surface area (Å²) in [6.45, 7) is 4.09. The molecule has 25 atom stereocenters. The summed E-state index contributed by atoms with van der Waals surface area (Å²) in [7, 11) is -50.9. The summed E-state index contributed by atoms with van der Waals surface area (Å²) in [4.78, 5) is 124. The first-order valence-electron chi connectivity index (χ1n) is 42.3. The quantitative estimate of drug-likeness (QED) is 0.00642. The Morgan fingerprint density at radius 2 is 0.577 bits per heavy atom. The van der Waals surface area contributed by atoms with Gasteiger partial charge < -0.3 is 147 Å². The third-order valence-electron chi connectivity index (χ3n) is 20.2. The summed E-state index contributed by atoms with van der Waals surface area (Å²) < 4.78 is 423. The molecule has 5 saturated heterocycles. The molecule has 25 unspecified atom stereocenters. The van der Waals surface area contributed by atoms with Gasteiger partial charge in [-0.1, -0.05) is 119 Å². The number of esters is 6. The maximum atomic E-state index is 14.5. The molecule has 60 nitrogen and oxygen atoms in total. The summed E-state index contributed by atoms with van der Waals surface area (Å²) in [5.41, 5.74) is 0. The minimum Gasteiger partial charge on any atom is -0.748 e. The van der Waals surface area contributed by atoms with Crippen molar-refractivity contribution >= 4 is 136 Å². The zero-order valence-electron chi connectivity index (χ0n) is 84.9. The number of carboxylic acids is 3. The Bertz CT molecular complexity index is 5090. The monoisotopic (exact) mass is 2410 g/mol. The Labute approximate surface area is 1100 Å². The van der Waals surface area contributed by atoms with Gasteiger partial charge in [-0.3, -0.25) is 45.5 Å². The first-order valence-corrected chi connectivity index (χ1v) is 53.5. The molecule has 5 fully saturated rings. The molecule has 4 N–H and O–H groups in total. The van der Waals surface area contributed by atoms with Gasteiger partial charge in [-0.2, -0.15) is 0 Å². The van der Waals surface area contributed by atoms with E-state index in [2.05, 4.69) is 8.37 Å². The van der Waals surface area contributed by atoms with Crippen molar-refractivity contribution in [3.8, 4) is 0 Å². The number of carboxylic acid groups (broad SMARTS) is 3. The van der Waals surface area contributed by atoms with Crippen molar-refractivity contribution in [1.29, 1.82) is 0 Å². The number of hydrogen-bond acceptors (Lipinski definition) is 57. The second kappa shape index (κ2) is 79.6. The molecule has 149 heavy (non-hydrogen) atoms. The van der Waals surface area contributed by atoms with Crippen LogP contribution in [0.2, 0.25) is 0 Å². The second-order valence-corrected chi connectivity index (χ2v) is 40.1. The van der Waals surface area contributed by atoms with E-state index in [9.17, 15) is 167 Å². The number of unbranched alkanes of at least 4 members (excludes halogenated alkanes) is 12. The molecule has 0 aromatic carbocycles. The molecular formula is C70H104N3Na11O57S8. The zero-order chi connectivity index (χ0) is 104. The smallest absolute Gasteiger partial charge is 0.748 e. The van der Waals surface area contributed by atoms with E-state index in [1.807, 2.05) is 0 Å². The third-order valence-corrected chi connectivity index (χ3v) is 24.4. The average Bonchev–Trinajstić information content (AvgIpc) is 0.745. The van der Waals surface area contributed by atoms with Gasteiger partial charge in [0.05, 0.1) is 47.0 Å². The van der Waals surface area contributed by atoms with Crippen molar-refractivity contribution < 1.29 is 585 Å². The van der Waals surface area contributed by atoms with Gasteiger partial charge in [0.1, 0.15) is 91.5 Å². The molecule has 5 heterocycles. The van der Waals surface area contributed by atoms with Gasteiger partial charge in [0.15, 0.2) is 98.8 Å². The van der Waals surface area contributed by atoms with Crippen LogP contribution in [0, 0.1) is 0 Å². The van der Waals surface area contributed by atoms with Crippen LogP contribution in [0.3, 0.4) is 0 Å². The standard InChI is InChI=1S/C70H115N3O57S8.11Na/c1-7-13-19-25-41(76)111-32-36(31-40(74)75)114-66-48(72-133(93,94)95)54(119-43(78)27-21-15-9-3)51(37(115-66)33-112-135(99,100)101)123-69-63(130-138(108,109)110)59(122-46(81)30-24-18-12-6)57(61(128-69)65(85)86)126-68-49(73-134(96,97)98)55(120-44(79)28-22-16-10-4)52(38(116-68)34-113-136(102,103)104)124-70-62(129-137(105,106)107)58(121-45(80)29-23-17-11-5)56(60(127-70)64(83)84)125-67-47(71-132(90,91)92)53(118-42(77)26-20-14-8-2)50(82)39(117-67)35-131(87,88)89;;;;;;;;;;;/h31,37-39,47-63,66-73,82H,7-30,32-35H2,1-6H3,(H,74,75)(H,83,84)(H,85,86)(H,87,88,89)(H,90,91,92)(H,93,94,95)(H,96,97,98)(H,99,100,101)(H,102,103,104)(H,105,106,107)(H,108,109,110);;;;;;;;;;;/q;11*+1/p-11/b36-31+;;;;;;;;;;;. The molecule has 800 valence electrons. The molecule has 5 aliphatic heterocycles. The van der Waals surface area contributed by atoms with Crippen molar-refractivity contribution in [2.75, 3.05) is 25.6 Å². The Morgan fingerprint density at radius 3 is 0.852 bits per heavy atom. The molecule has 0 aliphatic carbocycles. The summed E-state index contributed by atoms with van der Waals surface area (Å²) in [6.07, 6.45) is -73.7. The number of carbonyl (C=O) groups is 9. The SMILES string of the molecule is CCCCCC(=O)OC/C(=C\C(=O)[O-])OC1OC(COS(=O)(=O)[O-])C(OC2OC(C(=O)[O-])C(OC3OC(COS(=O)(=O)[O-])C(OC4OC(C(=O)[O-])C(OC5OC(CS(=O)(=O)[O-])C(O)C(OC(=O)CCCCC)C5NS(=O)(=O)[O-])C(OC(=O)CCCCC)C4OS(=O)(=O)[O-])C(OC(=O)CCCCC)C3NS(=O)(=O)[O-])C(OC(=O)CCCCC)C2OS(=O)(=O)[O-])C(OC(=O)CCCCC)C1NS(=O)(=O)[O-].[Na+].[Na+].[Na+].[Na+].[Na+].[Na+].[Na+].[Na+].[Na+].[Na+].[Na+]. The number of aliphatic hydroxyl groups is 1. The number of nitrogens with one attached hydrogen (secondary N) is 3. The maximum Gasteiger partial charge on any atom is 1.00 e. The molecule has 5 rings (SSSR count). The van der Waals surface area contributed by atoms with Gasteiger partial charge in [0, 0.05) is 44.6 Å². The van der Waals surface area contributed by atoms with Crippen LogP contribution in [0.5, 0.6) is 0 Å². The Balaban J connectivity index is -0.00000367.